The molecule has 0 saturated carbocycles. The number of alkyl halides is 3. The van der Waals surface area contributed by atoms with Crippen molar-refractivity contribution in [3.05, 3.63) is 59.7 Å². The summed E-state index contributed by atoms with van der Waals surface area (Å²) in [5.41, 5.74) is 1.58. The SMILES string of the molecule is Cc1cccc(C(=O)N2CCC(C(C)(C)S(=O)(=O)c3cccc(OC(F)(F)F)c3)CC2)c1. The Balaban J connectivity index is 1.74. The standard InChI is InChI=1S/C23H26F3NO4S/c1-16-6-4-7-17(14-16)21(28)27-12-10-18(11-13-27)22(2,3)32(29,30)20-9-5-8-19(15-20)31-23(24,25)26/h4-9,14-15,18H,10-13H2,1-3H3. The van der Waals surface area contributed by atoms with Gasteiger partial charge in [0, 0.05) is 18.7 Å². The third-order valence-corrected chi connectivity index (χ3v) is 8.67. The minimum Gasteiger partial charge on any atom is -0.406 e. The van der Waals surface area contributed by atoms with Gasteiger partial charge in [-0.2, -0.15) is 0 Å². The molecule has 0 spiro atoms. The van der Waals surface area contributed by atoms with E-state index in [1.54, 1.807) is 24.8 Å². The van der Waals surface area contributed by atoms with E-state index in [1.165, 1.54) is 12.1 Å². The van der Waals surface area contributed by atoms with Crippen LogP contribution < -0.4 is 4.74 Å². The van der Waals surface area contributed by atoms with Crippen LogP contribution in [0.2, 0.25) is 0 Å². The first-order valence-corrected chi connectivity index (χ1v) is 11.8. The summed E-state index contributed by atoms with van der Waals surface area (Å²) in [5, 5.41) is 0. The number of likely N-dealkylation sites (tertiary alicyclic amines) is 1. The first-order chi connectivity index (χ1) is 14.8. The molecular formula is C23H26F3NO4S. The number of sulfone groups is 1. The maximum Gasteiger partial charge on any atom is 0.573 e. The second-order valence-electron chi connectivity index (χ2n) is 8.57. The van der Waals surface area contributed by atoms with Gasteiger partial charge in [-0.15, -0.1) is 13.2 Å². The molecule has 2 aromatic carbocycles. The molecule has 1 aliphatic rings. The van der Waals surface area contributed by atoms with Crippen LogP contribution in [0.4, 0.5) is 13.2 Å². The number of benzene rings is 2. The Morgan fingerprint density at radius 1 is 1.03 bits per heavy atom. The Hall–Kier alpha value is -2.55. The Morgan fingerprint density at radius 3 is 2.25 bits per heavy atom. The van der Waals surface area contributed by atoms with E-state index >= 15 is 0 Å². The molecule has 0 aromatic heterocycles. The fraction of sp³-hybridized carbons (Fsp3) is 0.435. The molecule has 0 unspecified atom stereocenters. The highest BCUT2D eigenvalue weighted by Gasteiger charge is 2.44. The fourth-order valence-corrected chi connectivity index (χ4v) is 5.91. The van der Waals surface area contributed by atoms with Gasteiger partial charge in [0.1, 0.15) is 5.75 Å². The van der Waals surface area contributed by atoms with Crippen LogP contribution in [-0.2, 0) is 9.84 Å². The van der Waals surface area contributed by atoms with E-state index in [4.69, 9.17) is 0 Å². The molecule has 1 fully saturated rings. The summed E-state index contributed by atoms with van der Waals surface area (Å²) in [6, 6.07) is 11.8. The molecule has 1 aliphatic heterocycles. The van der Waals surface area contributed by atoms with Crippen molar-refractivity contribution in [2.45, 2.75) is 49.6 Å². The van der Waals surface area contributed by atoms with E-state index in [9.17, 15) is 26.4 Å². The summed E-state index contributed by atoms with van der Waals surface area (Å²) in [7, 11) is -3.96. The van der Waals surface area contributed by atoms with Crippen LogP contribution in [0, 0.1) is 12.8 Å². The van der Waals surface area contributed by atoms with Gasteiger partial charge in [-0.05, 0) is 69.9 Å². The van der Waals surface area contributed by atoms with Crippen molar-refractivity contribution in [2.24, 2.45) is 5.92 Å². The van der Waals surface area contributed by atoms with Gasteiger partial charge in [-0.3, -0.25) is 4.79 Å². The van der Waals surface area contributed by atoms with E-state index in [0.717, 1.165) is 17.7 Å². The highest BCUT2D eigenvalue weighted by atomic mass is 32.2. The molecule has 0 radical (unpaired) electrons. The molecule has 1 heterocycles. The second-order valence-corrected chi connectivity index (χ2v) is 11.1. The topological polar surface area (TPSA) is 63.7 Å². The fourth-order valence-electron chi connectivity index (χ4n) is 4.10. The van der Waals surface area contributed by atoms with E-state index in [0.29, 0.717) is 31.5 Å². The zero-order valence-corrected chi connectivity index (χ0v) is 19.0. The number of rotatable bonds is 5. The lowest BCUT2D eigenvalue weighted by Gasteiger charge is -2.40. The van der Waals surface area contributed by atoms with Crippen molar-refractivity contribution in [1.29, 1.82) is 0 Å². The maximum absolute atomic E-state index is 13.3. The minimum atomic E-state index is -4.91. The van der Waals surface area contributed by atoms with E-state index in [-0.39, 0.29) is 16.7 Å². The Morgan fingerprint density at radius 2 is 1.66 bits per heavy atom. The summed E-state index contributed by atoms with van der Waals surface area (Å²) in [6.07, 6.45) is -3.96. The number of amides is 1. The number of carbonyl (C=O) groups is 1. The summed E-state index contributed by atoms with van der Waals surface area (Å²) in [6.45, 7) is 5.90. The number of carbonyl (C=O) groups excluding carboxylic acids is 1. The smallest absolute Gasteiger partial charge is 0.406 e. The van der Waals surface area contributed by atoms with Gasteiger partial charge in [0.2, 0.25) is 0 Å². The van der Waals surface area contributed by atoms with Crippen LogP contribution >= 0.6 is 0 Å². The van der Waals surface area contributed by atoms with Crippen molar-refractivity contribution >= 4 is 15.7 Å². The molecule has 0 N–H and O–H groups in total. The number of halogens is 3. The quantitative estimate of drug-likeness (QED) is 0.618. The van der Waals surface area contributed by atoms with Crippen LogP contribution in [0.3, 0.4) is 0 Å². The lowest BCUT2D eigenvalue weighted by atomic mass is 9.85. The highest BCUT2D eigenvalue weighted by molar-refractivity contribution is 7.92. The molecule has 0 aliphatic carbocycles. The van der Waals surface area contributed by atoms with Crippen LogP contribution in [-0.4, -0.2) is 43.4 Å². The highest BCUT2D eigenvalue weighted by Crippen LogP contribution is 2.39. The molecule has 5 nitrogen and oxygen atoms in total. The van der Waals surface area contributed by atoms with Gasteiger partial charge in [-0.1, -0.05) is 23.8 Å². The number of piperidine rings is 1. The zero-order valence-electron chi connectivity index (χ0n) is 18.1. The van der Waals surface area contributed by atoms with Gasteiger partial charge >= 0.3 is 6.36 Å². The third-order valence-electron chi connectivity index (χ3n) is 6.07. The summed E-state index contributed by atoms with van der Waals surface area (Å²) in [5.74, 6) is -0.931. The van der Waals surface area contributed by atoms with Gasteiger partial charge in [0.05, 0.1) is 9.64 Å². The molecule has 0 bridgehead atoms. The number of hydrogen-bond donors (Lipinski definition) is 0. The van der Waals surface area contributed by atoms with Crippen molar-refractivity contribution in [3.63, 3.8) is 0 Å². The van der Waals surface area contributed by atoms with Gasteiger partial charge in [0.15, 0.2) is 9.84 Å². The molecule has 3 rings (SSSR count). The minimum absolute atomic E-state index is 0.0928. The average Bonchev–Trinajstić information content (AvgIpc) is 2.72. The van der Waals surface area contributed by atoms with Crippen LogP contribution in [0.5, 0.6) is 5.75 Å². The van der Waals surface area contributed by atoms with E-state index in [2.05, 4.69) is 4.74 Å². The van der Waals surface area contributed by atoms with Crippen molar-refractivity contribution < 1.29 is 31.1 Å². The van der Waals surface area contributed by atoms with E-state index < -0.39 is 26.7 Å². The lowest BCUT2D eigenvalue weighted by molar-refractivity contribution is -0.274. The average molecular weight is 470 g/mol. The number of aryl methyl sites for hydroxylation is 1. The predicted molar refractivity (Wildman–Crippen MR) is 114 cm³/mol. The molecule has 32 heavy (non-hydrogen) atoms. The molecule has 1 saturated heterocycles. The Labute approximate surface area is 186 Å². The van der Waals surface area contributed by atoms with Crippen molar-refractivity contribution in [3.8, 4) is 5.75 Å². The van der Waals surface area contributed by atoms with Crippen LogP contribution in [0.25, 0.3) is 0 Å². The molecule has 2 aromatic rings. The van der Waals surface area contributed by atoms with Crippen LogP contribution in [0.15, 0.2) is 53.4 Å². The molecular weight excluding hydrogens is 443 g/mol. The van der Waals surface area contributed by atoms with Gasteiger partial charge in [-0.25, -0.2) is 8.42 Å². The summed E-state index contributed by atoms with van der Waals surface area (Å²) >= 11 is 0. The second kappa shape index (κ2) is 8.77. The third kappa shape index (κ3) is 5.09. The lowest BCUT2D eigenvalue weighted by Crippen LogP contribution is -2.47. The zero-order chi connectivity index (χ0) is 23.7. The molecule has 0 atom stereocenters. The first-order valence-electron chi connectivity index (χ1n) is 10.3. The Kier molecular flexibility index (Phi) is 6.60. The van der Waals surface area contributed by atoms with Gasteiger partial charge < -0.3 is 9.64 Å². The Bertz CT molecular complexity index is 1090. The van der Waals surface area contributed by atoms with Crippen molar-refractivity contribution in [2.75, 3.05) is 13.1 Å². The van der Waals surface area contributed by atoms with E-state index in [1.807, 2.05) is 25.1 Å². The molecule has 1 amide bonds. The first kappa shape index (κ1) is 24.1. The normalized spacial score (nSPS) is 16.1. The molecule has 174 valence electrons. The predicted octanol–water partition coefficient (Wildman–Crippen LogP) is 5.00. The van der Waals surface area contributed by atoms with Crippen molar-refractivity contribution in [1.82, 2.24) is 4.90 Å². The number of hydrogen-bond acceptors (Lipinski definition) is 4. The maximum atomic E-state index is 13.3. The van der Waals surface area contributed by atoms with Crippen LogP contribution in [0.1, 0.15) is 42.6 Å². The van der Waals surface area contributed by atoms with Gasteiger partial charge in [0.25, 0.3) is 5.91 Å². The summed E-state index contributed by atoms with van der Waals surface area (Å²) in [4.78, 5) is 14.3. The largest absolute Gasteiger partial charge is 0.573 e. The monoisotopic (exact) mass is 469 g/mol. The summed E-state index contributed by atoms with van der Waals surface area (Å²) < 4.78 is 66.9. The molecule has 9 heteroatoms. The number of nitrogens with zero attached hydrogens (tertiary/aromatic N) is 1. The number of ether oxygens (including phenoxy) is 1.